The van der Waals surface area contributed by atoms with Crippen LogP contribution in [0.25, 0.3) is 10.9 Å². The largest absolute Gasteiger partial charge is 0.497 e. The van der Waals surface area contributed by atoms with Gasteiger partial charge in [-0.05, 0) is 54.3 Å². The number of amides is 1. The number of aryl methyl sites for hydroxylation is 1. The third-order valence-electron chi connectivity index (χ3n) is 4.49. The fourth-order valence-corrected chi connectivity index (χ4v) is 2.97. The summed E-state index contributed by atoms with van der Waals surface area (Å²) in [6, 6.07) is 13.8. The van der Waals surface area contributed by atoms with Gasteiger partial charge in [0.15, 0.2) is 0 Å². The summed E-state index contributed by atoms with van der Waals surface area (Å²) in [5.41, 5.74) is 3.38. The second-order valence-corrected chi connectivity index (χ2v) is 6.17. The third-order valence-corrected chi connectivity index (χ3v) is 4.49. The number of carbonyl (C=O) groups is 1. The fraction of sp³-hybridized carbons (Fsp3) is 0.286. The normalized spacial score (nSPS) is 10.7. The van der Waals surface area contributed by atoms with Crippen LogP contribution in [0.15, 0.2) is 48.7 Å². The van der Waals surface area contributed by atoms with Gasteiger partial charge in [-0.15, -0.1) is 0 Å². The summed E-state index contributed by atoms with van der Waals surface area (Å²) in [7, 11) is 3.31. The quantitative estimate of drug-likeness (QED) is 0.652. The molecule has 1 heterocycles. The molecule has 0 saturated heterocycles. The molecule has 26 heavy (non-hydrogen) atoms. The van der Waals surface area contributed by atoms with Crippen molar-refractivity contribution in [2.45, 2.75) is 19.3 Å². The molecule has 1 amide bonds. The molecule has 3 rings (SSSR count). The molecular weight excluding hydrogens is 328 g/mol. The Morgan fingerprint density at radius 2 is 1.73 bits per heavy atom. The molecular formula is C21H24N2O3. The molecule has 0 bridgehead atoms. The maximum Gasteiger partial charge on any atom is 0.220 e. The molecule has 5 nitrogen and oxygen atoms in total. The SMILES string of the molecule is COc1ccc(CCC(=O)NCCc2c[nH]c3ccc(OC)cc23)cc1. The van der Waals surface area contributed by atoms with E-state index < -0.39 is 0 Å². The molecule has 0 atom stereocenters. The number of H-pyrrole nitrogens is 1. The lowest BCUT2D eigenvalue weighted by atomic mass is 10.1. The Morgan fingerprint density at radius 1 is 1.00 bits per heavy atom. The molecule has 0 spiro atoms. The first-order chi connectivity index (χ1) is 12.7. The van der Waals surface area contributed by atoms with Crippen LogP contribution in [-0.4, -0.2) is 31.7 Å². The lowest BCUT2D eigenvalue weighted by Gasteiger charge is -2.06. The Hall–Kier alpha value is -2.95. The van der Waals surface area contributed by atoms with Gasteiger partial charge in [-0.3, -0.25) is 4.79 Å². The molecule has 2 aromatic carbocycles. The zero-order chi connectivity index (χ0) is 18.4. The van der Waals surface area contributed by atoms with Gasteiger partial charge in [0.25, 0.3) is 0 Å². The van der Waals surface area contributed by atoms with Gasteiger partial charge in [0, 0.05) is 30.1 Å². The molecule has 0 fully saturated rings. The molecule has 0 unspecified atom stereocenters. The molecule has 0 aliphatic carbocycles. The van der Waals surface area contributed by atoms with Crippen molar-refractivity contribution < 1.29 is 14.3 Å². The first-order valence-electron chi connectivity index (χ1n) is 8.73. The molecule has 0 saturated carbocycles. The lowest BCUT2D eigenvalue weighted by Crippen LogP contribution is -2.25. The van der Waals surface area contributed by atoms with E-state index in [1.165, 1.54) is 5.56 Å². The standard InChI is InChI=1S/C21H24N2O3/c1-25-17-6-3-15(4-7-17)5-10-21(24)22-12-11-16-14-23-20-9-8-18(26-2)13-19(16)20/h3-4,6-9,13-14,23H,5,10-12H2,1-2H3,(H,22,24). The highest BCUT2D eigenvalue weighted by Gasteiger charge is 2.07. The van der Waals surface area contributed by atoms with Crippen molar-refractivity contribution in [2.24, 2.45) is 0 Å². The summed E-state index contributed by atoms with van der Waals surface area (Å²) in [5.74, 6) is 1.73. The summed E-state index contributed by atoms with van der Waals surface area (Å²) in [6.07, 6.45) is 3.98. The third kappa shape index (κ3) is 4.36. The van der Waals surface area contributed by atoms with Gasteiger partial charge in [0.05, 0.1) is 14.2 Å². The van der Waals surface area contributed by atoms with Crippen molar-refractivity contribution in [3.8, 4) is 11.5 Å². The number of methoxy groups -OCH3 is 2. The summed E-state index contributed by atoms with van der Waals surface area (Å²) in [4.78, 5) is 15.3. The summed E-state index contributed by atoms with van der Waals surface area (Å²) < 4.78 is 10.4. The molecule has 1 aromatic heterocycles. The van der Waals surface area contributed by atoms with E-state index in [1.807, 2.05) is 48.7 Å². The van der Waals surface area contributed by atoms with Crippen molar-refractivity contribution in [1.29, 1.82) is 0 Å². The van der Waals surface area contributed by atoms with E-state index in [2.05, 4.69) is 10.3 Å². The zero-order valence-electron chi connectivity index (χ0n) is 15.2. The topological polar surface area (TPSA) is 63.3 Å². The smallest absolute Gasteiger partial charge is 0.220 e. The maximum absolute atomic E-state index is 12.1. The number of carbonyl (C=O) groups excluding carboxylic acids is 1. The van der Waals surface area contributed by atoms with E-state index in [0.717, 1.165) is 40.8 Å². The van der Waals surface area contributed by atoms with Crippen molar-refractivity contribution in [2.75, 3.05) is 20.8 Å². The summed E-state index contributed by atoms with van der Waals surface area (Å²) in [6.45, 7) is 0.617. The number of hydrogen-bond donors (Lipinski definition) is 2. The second-order valence-electron chi connectivity index (χ2n) is 6.17. The molecule has 2 N–H and O–H groups in total. The van der Waals surface area contributed by atoms with Crippen LogP contribution in [0.2, 0.25) is 0 Å². The summed E-state index contributed by atoms with van der Waals surface area (Å²) in [5, 5.41) is 4.13. The average molecular weight is 352 g/mol. The highest BCUT2D eigenvalue weighted by molar-refractivity contribution is 5.84. The minimum atomic E-state index is 0.0678. The molecule has 0 aliphatic heterocycles. The van der Waals surface area contributed by atoms with E-state index >= 15 is 0 Å². The van der Waals surface area contributed by atoms with E-state index in [9.17, 15) is 4.79 Å². The molecule has 136 valence electrons. The van der Waals surface area contributed by atoms with E-state index in [1.54, 1.807) is 14.2 Å². The predicted molar refractivity (Wildman–Crippen MR) is 103 cm³/mol. The number of nitrogens with one attached hydrogen (secondary N) is 2. The van der Waals surface area contributed by atoms with Gasteiger partial charge in [-0.1, -0.05) is 12.1 Å². The van der Waals surface area contributed by atoms with Gasteiger partial charge < -0.3 is 19.8 Å². The second kappa shape index (κ2) is 8.43. The Balaban J connectivity index is 1.47. The molecule has 5 heteroatoms. The van der Waals surface area contributed by atoms with Gasteiger partial charge in [0.2, 0.25) is 5.91 Å². The van der Waals surface area contributed by atoms with Crippen LogP contribution in [0, 0.1) is 0 Å². The van der Waals surface area contributed by atoms with E-state index in [4.69, 9.17) is 9.47 Å². The Kier molecular flexibility index (Phi) is 5.79. The first-order valence-corrected chi connectivity index (χ1v) is 8.73. The number of aromatic nitrogens is 1. The van der Waals surface area contributed by atoms with Crippen molar-refractivity contribution in [3.05, 3.63) is 59.8 Å². The first kappa shape index (κ1) is 17.9. The number of hydrogen-bond acceptors (Lipinski definition) is 3. The zero-order valence-corrected chi connectivity index (χ0v) is 15.2. The molecule has 0 aliphatic rings. The monoisotopic (exact) mass is 352 g/mol. The number of fused-ring (bicyclic) bond motifs is 1. The van der Waals surface area contributed by atoms with Crippen LogP contribution >= 0.6 is 0 Å². The molecule has 0 radical (unpaired) electrons. The fourth-order valence-electron chi connectivity index (χ4n) is 2.97. The minimum Gasteiger partial charge on any atom is -0.497 e. The van der Waals surface area contributed by atoms with E-state index in [0.29, 0.717) is 13.0 Å². The van der Waals surface area contributed by atoms with Crippen molar-refractivity contribution in [3.63, 3.8) is 0 Å². The van der Waals surface area contributed by atoms with Crippen LogP contribution in [0.3, 0.4) is 0 Å². The lowest BCUT2D eigenvalue weighted by molar-refractivity contribution is -0.121. The van der Waals surface area contributed by atoms with Gasteiger partial charge in [-0.25, -0.2) is 0 Å². The highest BCUT2D eigenvalue weighted by Crippen LogP contribution is 2.23. The van der Waals surface area contributed by atoms with Crippen LogP contribution in [-0.2, 0) is 17.6 Å². The summed E-state index contributed by atoms with van der Waals surface area (Å²) >= 11 is 0. The van der Waals surface area contributed by atoms with Gasteiger partial charge in [-0.2, -0.15) is 0 Å². The number of rotatable bonds is 8. The van der Waals surface area contributed by atoms with Crippen LogP contribution < -0.4 is 14.8 Å². The van der Waals surface area contributed by atoms with Crippen molar-refractivity contribution in [1.82, 2.24) is 10.3 Å². The van der Waals surface area contributed by atoms with Crippen LogP contribution in [0.4, 0.5) is 0 Å². The average Bonchev–Trinajstić information content (AvgIpc) is 3.09. The van der Waals surface area contributed by atoms with Crippen LogP contribution in [0.1, 0.15) is 17.5 Å². The number of benzene rings is 2. The Morgan fingerprint density at radius 3 is 2.46 bits per heavy atom. The predicted octanol–water partition coefficient (Wildman–Crippen LogP) is 3.48. The van der Waals surface area contributed by atoms with E-state index in [-0.39, 0.29) is 5.91 Å². The van der Waals surface area contributed by atoms with Gasteiger partial charge in [0.1, 0.15) is 11.5 Å². The Labute approximate surface area is 153 Å². The minimum absolute atomic E-state index is 0.0678. The highest BCUT2D eigenvalue weighted by atomic mass is 16.5. The Bertz CT molecular complexity index is 869. The van der Waals surface area contributed by atoms with Crippen LogP contribution in [0.5, 0.6) is 11.5 Å². The van der Waals surface area contributed by atoms with Gasteiger partial charge >= 0.3 is 0 Å². The molecule has 3 aromatic rings. The van der Waals surface area contributed by atoms with Crippen molar-refractivity contribution >= 4 is 16.8 Å². The number of ether oxygens (including phenoxy) is 2. The number of aromatic amines is 1. The maximum atomic E-state index is 12.1.